The van der Waals surface area contributed by atoms with Gasteiger partial charge >= 0.3 is 0 Å². The van der Waals surface area contributed by atoms with Crippen LogP contribution in [0.3, 0.4) is 0 Å². The SMILES string of the molecule is O=C1S/C(=C/c2cc(Br)c(OCc3cccc4ccccc34)c(Br)c2)C(=O)N1Cc1cccc2ccccc12. The van der Waals surface area contributed by atoms with Crippen LogP contribution in [0.25, 0.3) is 27.6 Å². The number of imide groups is 1. The molecular weight excluding hydrogens is 638 g/mol. The van der Waals surface area contributed by atoms with Crippen molar-refractivity contribution in [1.29, 1.82) is 0 Å². The van der Waals surface area contributed by atoms with E-state index in [1.807, 2.05) is 72.8 Å². The van der Waals surface area contributed by atoms with E-state index in [-0.39, 0.29) is 17.7 Å². The molecule has 4 nitrogen and oxygen atoms in total. The van der Waals surface area contributed by atoms with Gasteiger partial charge < -0.3 is 4.74 Å². The molecular formula is C32H21Br2NO3S. The van der Waals surface area contributed by atoms with Crippen molar-refractivity contribution in [2.75, 3.05) is 0 Å². The second-order valence-electron chi connectivity index (χ2n) is 9.15. The molecule has 2 amide bonds. The number of carbonyl (C=O) groups is 2. The number of halogens is 2. The van der Waals surface area contributed by atoms with Crippen LogP contribution in [0.4, 0.5) is 4.79 Å². The van der Waals surface area contributed by atoms with E-state index in [4.69, 9.17) is 4.74 Å². The molecule has 1 saturated heterocycles. The summed E-state index contributed by atoms with van der Waals surface area (Å²) in [6.45, 7) is 0.642. The topological polar surface area (TPSA) is 46.6 Å². The molecule has 0 aromatic heterocycles. The maximum atomic E-state index is 13.2. The molecule has 39 heavy (non-hydrogen) atoms. The van der Waals surface area contributed by atoms with Crippen LogP contribution in [-0.4, -0.2) is 16.0 Å². The quantitative estimate of drug-likeness (QED) is 0.171. The summed E-state index contributed by atoms with van der Waals surface area (Å²) >= 11 is 8.21. The molecule has 0 saturated carbocycles. The average molecular weight is 659 g/mol. The molecule has 1 heterocycles. The fourth-order valence-electron chi connectivity index (χ4n) is 4.76. The lowest BCUT2D eigenvalue weighted by Crippen LogP contribution is -2.27. The number of ether oxygens (including phenoxy) is 1. The van der Waals surface area contributed by atoms with Gasteiger partial charge in [-0.1, -0.05) is 84.9 Å². The van der Waals surface area contributed by atoms with Gasteiger partial charge in [-0.2, -0.15) is 0 Å². The van der Waals surface area contributed by atoms with Crippen molar-refractivity contribution in [2.45, 2.75) is 13.2 Å². The minimum absolute atomic E-state index is 0.234. The van der Waals surface area contributed by atoms with Gasteiger partial charge in [0.1, 0.15) is 12.4 Å². The van der Waals surface area contributed by atoms with Gasteiger partial charge in [-0.25, -0.2) is 0 Å². The zero-order valence-electron chi connectivity index (χ0n) is 20.6. The van der Waals surface area contributed by atoms with E-state index in [1.54, 1.807) is 6.08 Å². The second-order valence-corrected chi connectivity index (χ2v) is 11.8. The number of rotatable bonds is 6. The summed E-state index contributed by atoms with van der Waals surface area (Å²) < 4.78 is 7.69. The molecule has 0 bridgehead atoms. The zero-order chi connectivity index (χ0) is 26.9. The summed E-state index contributed by atoms with van der Waals surface area (Å²) in [4.78, 5) is 27.7. The maximum Gasteiger partial charge on any atom is 0.293 e. The number of thioether (sulfide) groups is 1. The molecule has 0 unspecified atom stereocenters. The number of hydrogen-bond donors (Lipinski definition) is 0. The summed E-state index contributed by atoms with van der Waals surface area (Å²) in [7, 11) is 0. The molecule has 192 valence electrons. The van der Waals surface area contributed by atoms with Gasteiger partial charge in [-0.15, -0.1) is 0 Å². The average Bonchev–Trinajstić information content (AvgIpc) is 3.20. The minimum Gasteiger partial charge on any atom is -0.487 e. The summed E-state index contributed by atoms with van der Waals surface area (Å²) in [6.07, 6.45) is 1.75. The van der Waals surface area contributed by atoms with Gasteiger partial charge in [-0.3, -0.25) is 14.5 Å². The van der Waals surface area contributed by atoms with E-state index in [1.165, 1.54) is 10.3 Å². The lowest BCUT2D eigenvalue weighted by atomic mass is 10.0. The predicted octanol–water partition coefficient (Wildman–Crippen LogP) is 9.33. The highest BCUT2D eigenvalue weighted by Crippen LogP contribution is 2.39. The Balaban J connectivity index is 1.21. The Labute approximate surface area is 246 Å². The van der Waals surface area contributed by atoms with Crippen molar-refractivity contribution in [3.63, 3.8) is 0 Å². The van der Waals surface area contributed by atoms with E-state index in [0.29, 0.717) is 17.3 Å². The van der Waals surface area contributed by atoms with Crippen LogP contribution < -0.4 is 4.74 Å². The van der Waals surface area contributed by atoms with E-state index in [0.717, 1.165) is 53.6 Å². The number of benzene rings is 5. The zero-order valence-corrected chi connectivity index (χ0v) is 24.6. The number of fused-ring (bicyclic) bond motifs is 2. The van der Waals surface area contributed by atoms with Crippen molar-refractivity contribution in [2.24, 2.45) is 0 Å². The van der Waals surface area contributed by atoms with Crippen LogP contribution in [0.15, 0.2) is 111 Å². The first-order chi connectivity index (χ1) is 19.0. The Kier molecular flexibility index (Phi) is 7.30. The van der Waals surface area contributed by atoms with Crippen LogP contribution in [0.5, 0.6) is 5.75 Å². The van der Waals surface area contributed by atoms with Crippen LogP contribution in [0.1, 0.15) is 16.7 Å². The smallest absolute Gasteiger partial charge is 0.293 e. The van der Waals surface area contributed by atoms with Crippen molar-refractivity contribution in [3.05, 3.63) is 128 Å². The number of carbonyl (C=O) groups excluding carboxylic acids is 2. The normalized spacial score (nSPS) is 14.6. The molecule has 5 aromatic rings. The predicted molar refractivity (Wildman–Crippen MR) is 166 cm³/mol. The van der Waals surface area contributed by atoms with Crippen molar-refractivity contribution in [1.82, 2.24) is 4.90 Å². The van der Waals surface area contributed by atoms with Gasteiger partial charge in [0.05, 0.1) is 20.4 Å². The Hall–Kier alpha value is -3.39. The molecule has 0 N–H and O–H groups in total. The molecule has 7 heteroatoms. The highest BCUT2D eigenvalue weighted by molar-refractivity contribution is 9.11. The molecule has 0 radical (unpaired) electrons. The Bertz CT molecular complexity index is 1770. The molecule has 0 spiro atoms. The van der Waals surface area contributed by atoms with E-state index >= 15 is 0 Å². The molecule has 1 aliphatic heterocycles. The van der Waals surface area contributed by atoms with Gasteiger partial charge in [0.15, 0.2) is 0 Å². The van der Waals surface area contributed by atoms with Crippen LogP contribution >= 0.6 is 43.6 Å². The lowest BCUT2D eigenvalue weighted by molar-refractivity contribution is -0.123. The first kappa shape index (κ1) is 25.9. The molecule has 1 fully saturated rings. The van der Waals surface area contributed by atoms with E-state index < -0.39 is 0 Å². The van der Waals surface area contributed by atoms with Crippen molar-refractivity contribution in [3.8, 4) is 5.75 Å². The summed E-state index contributed by atoms with van der Waals surface area (Å²) in [6, 6.07) is 32.1. The number of nitrogens with zero attached hydrogens (tertiary/aromatic N) is 1. The third-order valence-electron chi connectivity index (χ3n) is 6.65. The maximum absolute atomic E-state index is 13.2. The van der Waals surface area contributed by atoms with E-state index in [9.17, 15) is 9.59 Å². The highest BCUT2D eigenvalue weighted by atomic mass is 79.9. The van der Waals surface area contributed by atoms with E-state index in [2.05, 4.69) is 56.1 Å². The van der Waals surface area contributed by atoms with Crippen LogP contribution in [-0.2, 0) is 17.9 Å². The monoisotopic (exact) mass is 657 g/mol. The Morgan fingerprint density at radius 1 is 0.744 bits per heavy atom. The van der Waals surface area contributed by atoms with Gasteiger partial charge in [-0.05, 0) is 100 Å². The van der Waals surface area contributed by atoms with Crippen molar-refractivity contribution < 1.29 is 14.3 Å². The largest absolute Gasteiger partial charge is 0.487 e. The molecule has 0 aliphatic carbocycles. The van der Waals surface area contributed by atoms with Crippen LogP contribution in [0, 0.1) is 0 Å². The third-order valence-corrected chi connectivity index (χ3v) is 8.74. The summed E-state index contributed by atoms with van der Waals surface area (Å²) in [5.41, 5.74) is 2.81. The van der Waals surface area contributed by atoms with Crippen LogP contribution in [0.2, 0.25) is 0 Å². The van der Waals surface area contributed by atoms with Gasteiger partial charge in [0, 0.05) is 0 Å². The summed E-state index contributed by atoms with van der Waals surface area (Å²) in [5.74, 6) is 0.380. The first-order valence-corrected chi connectivity index (χ1v) is 14.7. The fraction of sp³-hybridized carbons (Fsp3) is 0.0625. The number of hydrogen-bond acceptors (Lipinski definition) is 4. The van der Waals surface area contributed by atoms with Crippen molar-refractivity contribution >= 4 is 82.4 Å². The van der Waals surface area contributed by atoms with Gasteiger partial charge in [0.25, 0.3) is 11.1 Å². The van der Waals surface area contributed by atoms with Gasteiger partial charge in [0.2, 0.25) is 0 Å². The lowest BCUT2D eigenvalue weighted by Gasteiger charge is -2.14. The first-order valence-electron chi connectivity index (χ1n) is 12.3. The molecule has 5 aromatic carbocycles. The molecule has 0 atom stereocenters. The summed E-state index contributed by atoms with van der Waals surface area (Å²) in [5, 5.41) is 4.17. The standard InChI is InChI=1S/C32H21Br2NO3S/c33-27-15-20(16-28(34)30(27)38-19-24-12-6-10-22-8-2-4-14-26(22)24)17-29-31(36)35(32(37)39-29)18-23-11-5-9-21-7-1-3-13-25(21)23/h1-17H,18-19H2/b29-17+. The Morgan fingerprint density at radius 3 is 1.97 bits per heavy atom. The molecule has 6 rings (SSSR count). The molecule has 1 aliphatic rings. The third kappa shape index (κ3) is 5.26. The number of amides is 2. The second kappa shape index (κ2) is 11.0. The minimum atomic E-state index is -0.290. The highest BCUT2D eigenvalue weighted by Gasteiger charge is 2.35. The Morgan fingerprint density at radius 2 is 1.31 bits per heavy atom. The fourth-order valence-corrected chi connectivity index (χ4v) is 7.05.